The topological polar surface area (TPSA) is 69.9 Å². The van der Waals surface area contributed by atoms with E-state index in [0.717, 1.165) is 52.0 Å². The fourth-order valence-electron chi connectivity index (χ4n) is 3.12. The molecule has 0 saturated carbocycles. The van der Waals surface area contributed by atoms with E-state index in [-0.39, 0.29) is 48.6 Å². The molecule has 2 fully saturated rings. The molecule has 2 saturated heterocycles. The van der Waals surface area contributed by atoms with Crippen LogP contribution in [0.15, 0.2) is 0 Å². The number of amides is 2. The van der Waals surface area contributed by atoms with E-state index in [1.807, 2.05) is 23.6 Å². The number of nitrogens with two attached hydrogens (primary N) is 1. The molecule has 0 aromatic heterocycles. The molecule has 24 heavy (non-hydrogen) atoms. The molecular formula is C16H32Cl2N4O2. The van der Waals surface area contributed by atoms with E-state index in [2.05, 4.69) is 4.90 Å². The second-order valence-corrected chi connectivity index (χ2v) is 6.69. The number of nitrogens with zero attached hydrogens (tertiary/aromatic N) is 3. The Labute approximate surface area is 157 Å². The van der Waals surface area contributed by atoms with E-state index in [0.29, 0.717) is 13.1 Å². The summed E-state index contributed by atoms with van der Waals surface area (Å²) in [6.45, 7) is 9.20. The zero-order valence-electron chi connectivity index (χ0n) is 14.8. The Morgan fingerprint density at radius 2 is 1.46 bits per heavy atom. The first kappa shape index (κ1) is 23.4. The smallest absolute Gasteiger partial charge is 0.236 e. The predicted octanol–water partition coefficient (Wildman–Crippen LogP) is 0.970. The van der Waals surface area contributed by atoms with Crippen molar-refractivity contribution in [2.75, 3.05) is 45.8 Å². The van der Waals surface area contributed by atoms with Crippen molar-refractivity contribution in [2.24, 2.45) is 11.7 Å². The minimum atomic E-state index is -0.141. The standard InChI is InChI=1S/C16H30N4O2.2ClH/c1-13(14(2)17)16(22)20-9-5-6-18(10-11-20)12-15(21)19-7-3-4-8-19;;/h13-14H,3-12,17H2,1-2H3;2*1H. The minimum absolute atomic E-state index is 0. The maximum Gasteiger partial charge on any atom is 0.236 e. The first-order valence-corrected chi connectivity index (χ1v) is 8.53. The highest BCUT2D eigenvalue weighted by atomic mass is 35.5. The summed E-state index contributed by atoms with van der Waals surface area (Å²) in [4.78, 5) is 30.7. The van der Waals surface area contributed by atoms with Crippen molar-refractivity contribution in [2.45, 2.75) is 39.2 Å². The SMILES string of the molecule is CC(N)C(C)C(=O)N1CCCN(CC(=O)N2CCCC2)CC1.Cl.Cl. The second-order valence-electron chi connectivity index (χ2n) is 6.69. The Balaban J connectivity index is 0.00000264. The number of hydrogen-bond donors (Lipinski definition) is 1. The lowest BCUT2D eigenvalue weighted by Crippen LogP contribution is -2.44. The summed E-state index contributed by atoms with van der Waals surface area (Å²) in [5.41, 5.74) is 5.84. The van der Waals surface area contributed by atoms with Crippen LogP contribution in [-0.2, 0) is 9.59 Å². The van der Waals surface area contributed by atoms with Crippen molar-refractivity contribution in [3.8, 4) is 0 Å². The number of likely N-dealkylation sites (tertiary alicyclic amines) is 1. The van der Waals surface area contributed by atoms with Gasteiger partial charge in [-0.15, -0.1) is 24.8 Å². The number of rotatable bonds is 4. The van der Waals surface area contributed by atoms with Crippen molar-refractivity contribution < 1.29 is 9.59 Å². The molecule has 2 aliphatic rings. The fourth-order valence-corrected chi connectivity index (χ4v) is 3.12. The molecule has 8 heteroatoms. The molecule has 0 bridgehead atoms. The molecule has 2 N–H and O–H groups in total. The van der Waals surface area contributed by atoms with Gasteiger partial charge >= 0.3 is 0 Å². The predicted molar refractivity (Wildman–Crippen MR) is 101 cm³/mol. The van der Waals surface area contributed by atoms with E-state index in [4.69, 9.17) is 5.73 Å². The van der Waals surface area contributed by atoms with E-state index in [9.17, 15) is 9.59 Å². The average Bonchev–Trinajstić information content (AvgIpc) is 2.93. The van der Waals surface area contributed by atoms with Gasteiger partial charge in [0, 0.05) is 45.3 Å². The highest BCUT2D eigenvalue weighted by Gasteiger charge is 2.27. The quantitative estimate of drug-likeness (QED) is 0.786. The lowest BCUT2D eigenvalue weighted by molar-refractivity contribution is -0.135. The Kier molecular flexibility index (Phi) is 10.9. The van der Waals surface area contributed by atoms with Gasteiger partial charge in [0.05, 0.1) is 12.5 Å². The van der Waals surface area contributed by atoms with Gasteiger partial charge in [-0.3, -0.25) is 14.5 Å². The van der Waals surface area contributed by atoms with Crippen LogP contribution in [0.2, 0.25) is 0 Å². The molecule has 2 amide bonds. The van der Waals surface area contributed by atoms with Gasteiger partial charge in [-0.1, -0.05) is 6.92 Å². The first-order chi connectivity index (χ1) is 10.5. The molecule has 142 valence electrons. The van der Waals surface area contributed by atoms with Gasteiger partial charge in [0.1, 0.15) is 0 Å². The number of halogens is 2. The van der Waals surface area contributed by atoms with Crippen LogP contribution in [-0.4, -0.2) is 78.4 Å². The Bertz CT molecular complexity index is 404. The summed E-state index contributed by atoms with van der Waals surface area (Å²) in [6.07, 6.45) is 3.18. The zero-order chi connectivity index (χ0) is 16.1. The van der Waals surface area contributed by atoms with E-state index >= 15 is 0 Å². The van der Waals surface area contributed by atoms with Crippen LogP contribution in [0.4, 0.5) is 0 Å². The first-order valence-electron chi connectivity index (χ1n) is 8.53. The van der Waals surface area contributed by atoms with Gasteiger partial charge in [-0.2, -0.15) is 0 Å². The van der Waals surface area contributed by atoms with Crippen LogP contribution in [0.25, 0.3) is 0 Å². The Hall–Kier alpha value is -0.560. The number of carbonyl (C=O) groups excluding carboxylic acids is 2. The van der Waals surface area contributed by atoms with Crippen molar-refractivity contribution >= 4 is 36.6 Å². The third-order valence-electron chi connectivity index (χ3n) is 4.90. The molecule has 2 atom stereocenters. The van der Waals surface area contributed by atoms with Crippen LogP contribution in [0.1, 0.15) is 33.1 Å². The summed E-state index contributed by atoms with van der Waals surface area (Å²) < 4.78 is 0. The molecular weight excluding hydrogens is 351 g/mol. The van der Waals surface area contributed by atoms with Gasteiger partial charge < -0.3 is 15.5 Å². The highest BCUT2D eigenvalue weighted by Crippen LogP contribution is 2.12. The van der Waals surface area contributed by atoms with Gasteiger partial charge in [0.25, 0.3) is 0 Å². The molecule has 0 aromatic carbocycles. The third-order valence-corrected chi connectivity index (χ3v) is 4.90. The molecule has 6 nitrogen and oxygen atoms in total. The molecule has 0 aromatic rings. The zero-order valence-corrected chi connectivity index (χ0v) is 16.4. The molecule has 2 aliphatic heterocycles. The van der Waals surface area contributed by atoms with Crippen LogP contribution >= 0.6 is 24.8 Å². The van der Waals surface area contributed by atoms with Gasteiger partial charge in [-0.25, -0.2) is 0 Å². The summed E-state index contributed by atoms with van der Waals surface area (Å²) in [6, 6.07) is -0.122. The van der Waals surface area contributed by atoms with Crippen molar-refractivity contribution in [3.05, 3.63) is 0 Å². The van der Waals surface area contributed by atoms with E-state index in [1.54, 1.807) is 0 Å². The van der Waals surface area contributed by atoms with Crippen molar-refractivity contribution in [1.82, 2.24) is 14.7 Å². The molecule has 2 unspecified atom stereocenters. The van der Waals surface area contributed by atoms with Gasteiger partial charge in [-0.05, 0) is 26.2 Å². The minimum Gasteiger partial charge on any atom is -0.342 e. The number of carbonyl (C=O) groups is 2. The molecule has 0 radical (unpaired) electrons. The van der Waals surface area contributed by atoms with E-state index < -0.39 is 0 Å². The van der Waals surface area contributed by atoms with Crippen LogP contribution in [0, 0.1) is 5.92 Å². The maximum atomic E-state index is 12.4. The van der Waals surface area contributed by atoms with E-state index in [1.165, 1.54) is 0 Å². The fraction of sp³-hybridized carbons (Fsp3) is 0.875. The normalized spacial score (nSPS) is 21.3. The van der Waals surface area contributed by atoms with Crippen molar-refractivity contribution in [3.63, 3.8) is 0 Å². The lowest BCUT2D eigenvalue weighted by atomic mass is 10.0. The molecule has 2 rings (SSSR count). The Morgan fingerprint density at radius 1 is 0.875 bits per heavy atom. The summed E-state index contributed by atoms with van der Waals surface area (Å²) in [5, 5.41) is 0. The van der Waals surface area contributed by atoms with Gasteiger partial charge in [0.2, 0.25) is 11.8 Å². The maximum absolute atomic E-state index is 12.4. The largest absolute Gasteiger partial charge is 0.342 e. The van der Waals surface area contributed by atoms with Crippen LogP contribution in [0.3, 0.4) is 0 Å². The lowest BCUT2D eigenvalue weighted by Gasteiger charge is -2.26. The Morgan fingerprint density at radius 3 is 2.04 bits per heavy atom. The summed E-state index contributed by atoms with van der Waals surface area (Å²) in [7, 11) is 0. The second kappa shape index (κ2) is 11.1. The summed E-state index contributed by atoms with van der Waals surface area (Å²) in [5.74, 6) is 0.238. The molecule has 0 aliphatic carbocycles. The average molecular weight is 383 g/mol. The van der Waals surface area contributed by atoms with Gasteiger partial charge in [0.15, 0.2) is 0 Å². The van der Waals surface area contributed by atoms with Crippen molar-refractivity contribution in [1.29, 1.82) is 0 Å². The van der Waals surface area contributed by atoms with Crippen LogP contribution in [0.5, 0.6) is 0 Å². The number of hydrogen-bond acceptors (Lipinski definition) is 4. The molecule has 0 spiro atoms. The van der Waals surface area contributed by atoms with Crippen LogP contribution < -0.4 is 5.73 Å². The summed E-state index contributed by atoms with van der Waals surface area (Å²) >= 11 is 0. The monoisotopic (exact) mass is 382 g/mol. The molecule has 2 heterocycles. The highest BCUT2D eigenvalue weighted by molar-refractivity contribution is 5.85. The third kappa shape index (κ3) is 6.39.